The lowest BCUT2D eigenvalue weighted by Gasteiger charge is -2.36. The Kier molecular flexibility index (Phi) is 4.26. The van der Waals surface area contributed by atoms with Crippen molar-refractivity contribution in [2.75, 3.05) is 13.1 Å². The quantitative estimate of drug-likeness (QED) is 0.790. The first-order valence-electron chi connectivity index (χ1n) is 7.15. The first-order chi connectivity index (χ1) is 7.65. The second kappa shape index (κ2) is 5.50. The maximum atomic E-state index is 3.84. The molecule has 1 N–H and O–H groups in total. The Morgan fingerprint density at radius 3 is 2.75 bits per heavy atom. The van der Waals surface area contributed by atoms with Crippen LogP contribution >= 0.6 is 0 Å². The van der Waals surface area contributed by atoms with Crippen molar-refractivity contribution in [2.45, 2.75) is 71.0 Å². The molecule has 0 aromatic rings. The van der Waals surface area contributed by atoms with Crippen molar-refractivity contribution in [3.05, 3.63) is 0 Å². The number of nitrogens with one attached hydrogen (secondary N) is 1. The van der Waals surface area contributed by atoms with E-state index in [1.807, 2.05) is 0 Å². The largest absolute Gasteiger partial charge is 0.311 e. The lowest BCUT2D eigenvalue weighted by Crippen LogP contribution is -2.48. The van der Waals surface area contributed by atoms with Gasteiger partial charge in [0.15, 0.2) is 0 Å². The van der Waals surface area contributed by atoms with Crippen LogP contribution in [0.1, 0.15) is 52.9 Å². The summed E-state index contributed by atoms with van der Waals surface area (Å²) in [7, 11) is 0. The lowest BCUT2D eigenvalue weighted by atomic mass is 9.95. The molecule has 2 nitrogen and oxygen atoms in total. The first-order valence-corrected chi connectivity index (χ1v) is 7.15. The minimum Gasteiger partial charge on any atom is -0.311 e. The van der Waals surface area contributed by atoms with Crippen molar-refractivity contribution in [3.8, 4) is 0 Å². The minimum atomic E-state index is 0.693. The van der Waals surface area contributed by atoms with Crippen LogP contribution in [0.25, 0.3) is 0 Å². The van der Waals surface area contributed by atoms with E-state index in [4.69, 9.17) is 0 Å². The predicted molar refractivity (Wildman–Crippen MR) is 69.7 cm³/mol. The first kappa shape index (κ1) is 12.4. The molecule has 16 heavy (non-hydrogen) atoms. The van der Waals surface area contributed by atoms with Gasteiger partial charge in [0.25, 0.3) is 0 Å². The van der Waals surface area contributed by atoms with Gasteiger partial charge < -0.3 is 10.2 Å². The Hall–Kier alpha value is -0.0800. The Morgan fingerprint density at radius 2 is 2.00 bits per heavy atom. The van der Waals surface area contributed by atoms with Crippen molar-refractivity contribution < 1.29 is 0 Å². The highest BCUT2D eigenvalue weighted by atomic mass is 15.2. The van der Waals surface area contributed by atoms with Gasteiger partial charge in [-0.3, -0.25) is 0 Å². The maximum Gasteiger partial charge on any atom is 0.0111 e. The Balaban J connectivity index is 1.74. The minimum absolute atomic E-state index is 0.693. The van der Waals surface area contributed by atoms with Crippen LogP contribution in [0.15, 0.2) is 0 Å². The summed E-state index contributed by atoms with van der Waals surface area (Å²) < 4.78 is 0. The van der Waals surface area contributed by atoms with Crippen molar-refractivity contribution in [3.63, 3.8) is 0 Å². The van der Waals surface area contributed by atoms with Gasteiger partial charge in [0, 0.05) is 18.1 Å². The summed E-state index contributed by atoms with van der Waals surface area (Å²) >= 11 is 0. The van der Waals surface area contributed by atoms with E-state index in [9.17, 15) is 0 Å². The van der Waals surface area contributed by atoms with E-state index in [2.05, 4.69) is 31.0 Å². The lowest BCUT2D eigenvalue weighted by molar-refractivity contribution is 0.160. The van der Waals surface area contributed by atoms with Crippen LogP contribution in [0.4, 0.5) is 0 Å². The van der Waals surface area contributed by atoms with Gasteiger partial charge in [0.2, 0.25) is 0 Å². The smallest absolute Gasteiger partial charge is 0.0111 e. The summed E-state index contributed by atoms with van der Waals surface area (Å²) in [4.78, 5) is 2.70. The molecule has 2 saturated heterocycles. The van der Waals surface area contributed by atoms with Gasteiger partial charge in [-0.25, -0.2) is 0 Å². The second-order valence-corrected chi connectivity index (χ2v) is 6.25. The van der Waals surface area contributed by atoms with Crippen molar-refractivity contribution in [1.29, 1.82) is 0 Å². The number of fused-ring (bicyclic) bond motifs is 1. The highest BCUT2D eigenvalue weighted by Crippen LogP contribution is 2.27. The fourth-order valence-corrected chi connectivity index (χ4v) is 3.55. The standard InChI is InChI=1S/C14H28N2/c1-11(2)9-12(3)15-13-6-8-16-7-4-5-14(16)10-13/h11-15H,4-10H2,1-3H3. The molecule has 0 aliphatic carbocycles. The van der Waals surface area contributed by atoms with E-state index in [0.717, 1.165) is 18.0 Å². The van der Waals surface area contributed by atoms with E-state index in [1.54, 1.807) is 0 Å². The molecule has 0 spiro atoms. The van der Waals surface area contributed by atoms with Gasteiger partial charge >= 0.3 is 0 Å². The van der Waals surface area contributed by atoms with Crippen LogP contribution < -0.4 is 5.32 Å². The van der Waals surface area contributed by atoms with Gasteiger partial charge in [-0.05, 0) is 58.0 Å². The Bertz CT molecular complexity index is 215. The third kappa shape index (κ3) is 3.21. The van der Waals surface area contributed by atoms with E-state index in [-0.39, 0.29) is 0 Å². The zero-order valence-corrected chi connectivity index (χ0v) is 11.2. The third-order valence-electron chi connectivity index (χ3n) is 4.17. The molecule has 0 radical (unpaired) electrons. The van der Waals surface area contributed by atoms with Crippen LogP contribution in [0.5, 0.6) is 0 Å². The summed E-state index contributed by atoms with van der Waals surface area (Å²) in [6.07, 6.45) is 6.93. The molecule has 2 fully saturated rings. The summed E-state index contributed by atoms with van der Waals surface area (Å²) in [6.45, 7) is 9.67. The molecule has 0 bridgehead atoms. The zero-order valence-electron chi connectivity index (χ0n) is 11.2. The molecule has 3 atom stereocenters. The van der Waals surface area contributed by atoms with Crippen molar-refractivity contribution in [2.24, 2.45) is 5.92 Å². The molecule has 0 aromatic heterocycles. The van der Waals surface area contributed by atoms with Crippen LogP contribution in [0.3, 0.4) is 0 Å². The molecular formula is C14H28N2. The summed E-state index contributed by atoms with van der Waals surface area (Å²) in [5, 5.41) is 3.84. The molecule has 0 saturated carbocycles. The number of piperidine rings is 1. The maximum absolute atomic E-state index is 3.84. The normalized spacial score (nSPS) is 33.0. The molecule has 2 rings (SSSR count). The molecule has 2 heteroatoms. The predicted octanol–water partition coefficient (Wildman–Crippen LogP) is 2.64. The summed E-state index contributed by atoms with van der Waals surface area (Å²) in [5.41, 5.74) is 0. The van der Waals surface area contributed by atoms with Gasteiger partial charge in [-0.1, -0.05) is 13.8 Å². The van der Waals surface area contributed by atoms with Crippen LogP contribution in [-0.4, -0.2) is 36.1 Å². The van der Waals surface area contributed by atoms with E-state index in [0.29, 0.717) is 6.04 Å². The zero-order chi connectivity index (χ0) is 11.5. The Morgan fingerprint density at radius 1 is 1.19 bits per heavy atom. The monoisotopic (exact) mass is 224 g/mol. The molecule has 2 aliphatic rings. The van der Waals surface area contributed by atoms with Crippen LogP contribution in [0.2, 0.25) is 0 Å². The molecule has 2 aliphatic heterocycles. The molecule has 94 valence electrons. The highest BCUT2D eigenvalue weighted by molar-refractivity contribution is 4.89. The van der Waals surface area contributed by atoms with Crippen molar-refractivity contribution in [1.82, 2.24) is 10.2 Å². The third-order valence-corrected chi connectivity index (χ3v) is 4.17. The van der Waals surface area contributed by atoms with E-state index < -0.39 is 0 Å². The average Bonchev–Trinajstić information content (AvgIpc) is 2.63. The van der Waals surface area contributed by atoms with Crippen LogP contribution in [-0.2, 0) is 0 Å². The number of nitrogens with zero attached hydrogens (tertiary/aromatic N) is 1. The number of hydrogen-bond acceptors (Lipinski definition) is 2. The number of rotatable bonds is 4. The van der Waals surface area contributed by atoms with Crippen LogP contribution in [0, 0.1) is 5.92 Å². The number of hydrogen-bond donors (Lipinski definition) is 1. The topological polar surface area (TPSA) is 15.3 Å². The van der Waals surface area contributed by atoms with Gasteiger partial charge in [0.05, 0.1) is 0 Å². The fraction of sp³-hybridized carbons (Fsp3) is 1.00. The summed E-state index contributed by atoms with van der Waals surface area (Å²) in [5.74, 6) is 0.814. The highest BCUT2D eigenvalue weighted by Gasteiger charge is 2.31. The van der Waals surface area contributed by atoms with Gasteiger partial charge in [0.1, 0.15) is 0 Å². The van der Waals surface area contributed by atoms with Gasteiger partial charge in [-0.2, -0.15) is 0 Å². The average molecular weight is 224 g/mol. The fourth-order valence-electron chi connectivity index (χ4n) is 3.55. The van der Waals surface area contributed by atoms with Gasteiger partial charge in [-0.15, -0.1) is 0 Å². The molecule has 3 unspecified atom stereocenters. The van der Waals surface area contributed by atoms with E-state index in [1.165, 1.54) is 45.2 Å². The van der Waals surface area contributed by atoms with E-state index >= 15 is 0 Å². The van der Waals surface area contributed by atoms with Crippen molar-refractivity contribution >= 4 is 0 Å². The molecule has 0 amide bonds. The SMILES string of the molecule is CC(C)CC(C)NC1CCN2CCCC2C1. The summed E-state index contributed by atoms with van der Waals surface area (Å²) in [6, 6.07) is 2.38. The molecule has 0 aromatic carbocycles. The molecule has 2 heterocycles. The molecular weight excluding hydrogens is 196 g/mol. The Labute approximate surface area is 101 Å². The second-order valence-electron chi connectivity index (χ2n) is 6.25.